The van der Waals surface area contributed by atoms with Crippen LogP contribution in [-0.4, -0.2) is 33.7 Å². The summed E-state index contributed by atoms with van der Waals surface area (Å²) in [5, 5.41) is 13.9. The van der Waals surface area contributed by atoms with E-state index in [2.05, 4.69) is 5.16 Å². The topological polar surface area (TPSA) is 66.6 Å². The number of rotatable bonds is 3. The van der Waals surface area contributed by atoms with Gasteiger partial charge in [0, 0.05) is 18.5 Å². The predicted octanol–water partition coefficient (Wildman–Crippen LogP) is 2.64. The minimum Gasteiger partial charge on any atom is -0.391 e. The van der Waals surface area contributed by atoms with E-state index in [9.17, 15) is 14.3 Å². The van der Waals surface area contributed by atoms with Crippen LogP contribution in [0.1, 0.15) is 53.0 Å². The Morgan fingerprint density at radius 1 is 1.30 bits per heavy atom. The van der Waals surface area contributed by atoms with Gasteiger partial charge in [0.05, 0.1) is 17.8 Å². The monoisotopic (exact) mass is 316 g/mol. The molecule has 2 heterocycles. The third-order valence-corrected chi connectivity index (χ3v) is 4.53. The molecule has 2 aromatic rings. The molecule has 120 valence electrons. The van der Waals surface area contributed by atoms with Crippen molar-refractivity contribution < 1.29 is 18.8 Å². The normalized spacial score (nSPS) is 24.2. The van der Waals surface area contributed by atoms with Crippen LogP contribution in [0.4, 0.5) is 4.39 Å². The van der Waals surface area contributed by atoms with Crippen molar-refractivity contribution in [3.63, 3.8) is 0 Å². The molecule has 2 aliphatic rings. The molecule has 1 N–H and O–H groups in total. The van der Waals surface area contributed by atoms with Crippen LogP contribution in [0, 0.1) is 5.82 Å². The molecule has 5 nitrogen and oxygen atoms in total. The number of likely N-dealkylation sites (tertiary alicyclic amines) is 1. The van der Waals surface area contributed by atoms with Gasteiger partial charge in [-0.05, 0) is 37.0 Å². The quantitative estimate of drug-likeness (QED) is 0.945. The van der Waals surface area contributed by atoms with Gasteiger partial charge in [-0.25, -0.2) is 4.39 Å². The Morgan fingerprint density at radius 2 is 2.04 bits per heavy atom. The fraction of sp³-hybridized carbons (Fsp3) is 0.412. The number of hydrogen-bond donors (Lipinski definition) is 1. The molecule has 6 heteroatoms. The van der Waals surface area contributed by atoms with Gasteiger partial charge in [-0.2, -0.15) is 0 Å². The lowest BCUT2D eigenvalue weighted by molar-refractivity contribution is 0.0674. The fourth-order valence-corrected chi connectivity index (χ4v) is 3.14. The maximum absolute atomic E-state index is 13.1. The van der Waals surface area contributed by atoms with Crippen molar-refractivity contribution in [1.82, 2.24) is 10.1 Å². The van der Waals surface area contributed by atoms with Crippen molar-refractivity contribution in [3.8, 4) is 0 Å². The number of β-amino-alcohol motifs (C(OH)–C–C–N with tert-alkyl or cyclic N) is 1. The van der Waals surface area contributed by atoms with Crippen molar-refractivity contribution in [2.24, 2.45) is 0 Å². The summed E-state index contributed by atoms with van der Waals surface area (Å²) in [6, 6.07) is 7.44. The van der Waals surface area contributed by atoms with Crippen molar-refractivity contribution >= 4 is 5.91 Å². The largest absolute Gasteiger partial charge is 0.391 e. The predicted molar refractivity (Wildman–Crippen MR) is 79.3 cm³/mol. The summed E-state index contributed by atoms with van der Waals surface area (Å²) in [6.07, 6.45) is 2.00. The summed E-state index contributed by atoms with van der Waals surface area (Å²) in [7, 11) is 0. The standard InChI is InChI=1S/C17H17FN2O3/c18-12-5-3-11(4-6-12)15-7-13(21)9-20(15)17(22)16-8-14(19-23-16)10-1-2-10/h3-6,8,10,13,15,21H,1-2,7,9H2/t13-,15+/m0/s1. The van der Waals surface area contributed by atoms with Crippen LogP contribution in [0.2, 0.25) is 0 Å². The molecule has 23 heavy (non-hydrogen) atoms. The maximum Gasteiger partial charge on any atom is 0.293 e. The Hall–Kier alpha value is -2.21. The molecule has 1 aliphatic carbocycles. The molecule has 2 atom stereocenters. The number of amides is 1. The highest BCUT2D eigenvalue weighted by Crippen LogP contribution is 2.40. The summed E-state index contributed by atoms with van der Waals surface area (Å²) in [5.74, 6) is 0.00947. The first-order valence-corrected chi connectivity index (χ1v) is 7.83. The molecule has 4 rings (SSSR count). The van der Waals surface area contributed by atoms with Crippen LogP contribution >= 0.6 is 0 Å². The minimum atomic E-state index is -0.597. The van der Waals surface area contributed by atoms with Gasteiger partial charge >= 0.3 is 0 Å². The van der Waals surface area contributed by atoms with Crippen molar-refractivity contribution in [3.05, 3.63) is 53.2 Å². The molecule has 0 unspecified atom stereocenters. The smallest absolute Gasteiger partial charge is 0.293 e. The summed E-state index contributed by atoms with van der Waals surface area (Å²) < 4.78 is 18.3. The maximum atomic E-state index is 13.1. The summed E-state index contributed by atoms with van der Waals surface area (Å²) >= 11 is 0. The Bertz CT molecular complexity index is 724. The highest BCUT2D eigenvalue weighted by Gasteiger charge is 2.38. The average Bonchev–Trinajstić information content (AvgIpc) is 3.14. The molecule has 1 saturated carbocycles. The van der Waals surface area contributed by atoms with Crippen LogP contribution in [-0.2, 0) is 0 Å². The number of carbonyl (C=O) groups is 1. The fourth-order valence-electron chi connectivity index (χ4n) is 3.14. The van der Waals surface area contributed by atoms with Gasteiger partial charge in [-0.15, -0.1) is 0 Å². The van der Waals surface area contributed by atoms with E-state index in [1.807, 2.05) is 0 Å². The zero-order valence-electron chi connectivity index (χ0n) is 12.5. The van der Waals surface area contributed by atoms with Crippen LogP contribution in [0.25, 0.3) is 0 Å². The third kappa shape index (κ3) is 2.74. The second-order valence-corrected chi connectivity index (χ2v) is 6.30. The van der Waals surface area contributed by atoms with Gasteiger partial charge in [-0.1, -0.05) is 17.3 Å². The number of aromatic nitrogens is 1. The number of carbonyl (C=O) groups excluding carboxylic acids is 1. The van der Waals surface area contributed by atoms with E-state index in [0.717, 1.165) is 24.1 Å². The lowest BCUT2D eigenvalue weighted by atomic mass is 10.0. The molecule has 1 saturated heterocycles. The number of aliphatic hydroxyl groups excluding tert-OH is 1. The van der Waals surface area contributed by atoms with Gasteiger partial charge in [0.2, 0.25) is 5.76 Å². The molecular formula is C17H17FN2O3. The average molecular weight is 316 g/mol. The summed E-state index contributed by atoms with van der Waals surface area (Å²) in [4.78, 5) is 14.3. The van der Waals surface area contributed by atoms with Gasteiger partial charge in [-0.3, -0.25) is 4.79 Å². The number of benzene rings is 1. The van der Waals surface area contributed by atoms with Gasteiger partial charge in [0.15, 0.2) is 0 Å². The van der Waals surface area contributed by atoms with Crippen molar-refractivity contribution in [2.75, 3.05) is 6.54 Å². The molecule has 1 aliphatic heterocycles. The molecule has 1 aromatic heterocycles. The van der Waals surface area contributed by atoms with E-state index >= 15 is 0 Å². The third-order valence-electron chi connectivity index (χ3n) is 4.53. The second kappa shape index (κ2) is 5.45. The van der Waals surface area contributed by atoms with E-state index in [0.29, 0.717) is 12.3 Å². The summed E-state index contributed by atoms with van der Waals surface area (Å²) in [6.45, 7) is 0.236. The molecular weight excluding hydrogens is 299 g/mol. The molecule has 2 fully saturated rings. The Balaban J connectivity index is 1.59. The molecule has 0 bridgehead atoms. The lowest BCUT2D eigenvalue weighted by Gasteiger charge is -2.23. The highest BCUT2D eigenvalue weighted by atomic mass is 19.1. The van der Waals surface area contributed by atoms with Gasteiger partial charge < -0.3 is 14.5 Å². The SMILES string of the molecule is O=C(c1cc(C2CC2)no1)N1C[C@@H](O)C[C@@H]1c1ccc(F)cc1. The zero-order chi connectivity index (χ0) is 16.0. The highest BCUT2D eigenvalue weighted by molar-refractivity contribution is 5.92. The van der Waals surface area contributed by atoms with E-state index in [1.165, 1.54) is 12.1 Å². The Kier molecular flexibility index (Phi) is 3.41. The number of nitrogens with zero attached hydrogens (tertiary/aromatic N) is 2. The summed E-state index contributed by atoms with van der Waals surface area (Å²) in [5.41, 5.74) is 1.63. The van der Waals surface area contributed by atoms with E-state index in [-0.39, 0.29) is 30.1 Å². The molecule has 1 aromatic carbocycles. The lowest BCUT2D eigenvalue weighted by Crippen LogP contribution is -2.31. The first-order valence-electron chi connectivity index (χ1n) is 7.83. The van der Waals surface area contributed by atoms with Crippen LogP contribution < -0.4 is 0 Å². The second-order valence-electron chi connectivity index (χ2n) is 6.30. The zero-order valence-corrected chi connectivity index (χ0v) is 12.5. The molecule has 1 amide bonds. The van der Waals surface area contributed by atoms with Crippen molar-refractivity contribution in [2.45, 2.75) is 37.3 Å². The first-order chi connectivity index (χ1) is 11.1. The Morgan fingerprint density at radius 3 is 2.74 bits per heavy atom. The number of aliphatic hydroxyl groups is 1. The van der Waals surface area contributed by atoms with Gasteiger partial charge in [0.1, 0.15) is 5.82 Å². The van der Waals surface area contributed by atoms with Crippen LogP contribution in [0.3, 0.4) is 0 Å². The van der Waals surface area contributed by atoms with E-state index in [4.69, 9.17) is 4.52 Å². The van der Waals surface area contributed by atoms with Crippen LogP contribution in [0.15, 0.2) is 34.9 Å². The number of hydrogen-bond acceptors (Lipinski definition) is 4. The number of halogens is 1. The molecule has 0 spiro atoms. The van der Waals surface area contributed by atoms with Crippen LogP contribution in [0.5, 0.6) is 0 Å². The van der Waals surface area contributed by atoms with Gasteiger partial charge in [0.25, 0.3) is 5.91 Å². The van der Waals surface area contributed by atoms with Crippen molar-refractivity contribution in [1.29, 1.82) is 0 Å². The first kappa shape index (κ1) is 14.4. The minimum absolute atomic E-state index is 0.202. The molecule has 0 radical (unpaired) electrons. The van der Waals surface area contributed by atoms with E-state index < -0.39 is 6.10 Å². The Labute approximate surface area is 132 Å². The van der Waals surface area contributed by atoms with E-state index in [1.54, 1.807) is 23.1 Å².